The zero-order valence-corrected chi connectivity index (χ0v) is 16.3. The molecule has 2 heterocycles. The second-order valence-corrected chi connectivity index (χ2v) is 8.93. The smallest absolute Gasteiger partial charge is 0.407 e. The molecule has 2 aliphatic heterocycles. The molecule has 0 spiro atoms. The van der Waals surface area contributed by atoms with Crippen molar-refractivity contribution in [3.05, 3.63) is 24.3 Å². The SMILES string of the molecule is NS(=O)(=O)c1ccc(N2CCN(CCC3CCN(C(=O)O)CC3)CC2)cc1. The van der Waals surface area contributed by atoms with Gasteiger partial charge in [-0.1, -0.05) is 0 Å². The average Bonchev–Trinajstić information content (AvgIpc) is 2.66. The van der Waals surface area contributed by atoms with Crippen molar-refractivity contribution >= 4 is 21.8 Å². The van der Waals surface area contributed by atoms with Crippen LogP contribution in [-0.4, -0.2) is 75.2 Å². The molecule has 0 aromatic heterocycles. The van der Waals surface area contributed by atoms with Gasteiger partial charge in [-0.15, -0.1) is 0 Å². The number of piperazine rings is 1. The van der Waals surface area contributed by atoms with Gasteiger partial charge in [0.2, 0.25) is 10.0 Å². The minimum atomic E-state index is -3.65. The number of nitrogens with zero attached hydrogens (tertiary/aromatic N) is 3. The van der Waals surface area contributed by atoms with Crippen LogP contribution in [-0.2, 0) is 10.0 Å². The van der Waals surface area contributed by atoms with E-state index in [4.69, 9.17) is 10.2 Å². The Morgan fingerprint density at radius 2 is 1.63 bits per heavy atom. The molecule has 2 aliphatic rings. The minimum Gasteiger partial charge on any atom is -0.465 e. The number of carbonyl (C=O) groups is 1. The number of likely N-dealkylation sites (tertiary alicyclic amines) is 1. The predicted molar refractivity (Wildman–Crippen MR) is 103 cm³/mol. The van der Waals surface area contributed by atoms with Crippen molar-refractivity contribution in [2.75, 3.05) is 50.7 Å². The lowest BCUT2D eigenvalue weighted by molar-refractivity contribution is 0.119. The fourth-order valence-electron chi connectivity index (χ4n) is 3.85. The molecule has 0 bridgehead atoms. The van der Waals surface area contributed by atoms with Crippen molar-refractivity contribution in [2.45, 2.75) is 24.2 Å². The molecule has 27 heavy (non-hydrogen) atoms. The number of carboxylic acid groups (broad SMARTS) is 1. The van der Waals surface area contributed by atoms with Crippen molar-refractivity contribution in [3.63, 3.8) is 0 Å². The molecule has 0 saturated carbocycles. The number of amides is 1. The quantitative estimate of drug-likeness (QED) is 0.775. The van der Waals surface area contributed by atoms with Crippen molar-refractivity contribution in [2.24, 2.45) is 11.1 Å². The highest BCUT2D eigenvalue weighted by atomic mass is 32.2. The lowest BCUT2D eigenvalue weighted by Crippen LogP contribution is -2.47. The van der Waals surface area contributed by atoms with E-state index in [0.29, 0.717) is 19.0 Å². The molecule has 3 N–H and O–H groups in total. The summed E-state index contributed by atoms with van der Waals surface area (Å²) < 4.78 is 22.7. The zero-order chi connectivity index (χ0) is 19.4. The molecule has 2 fully saturated rings. The predicted octanol–water partition coefficient (Wildman–Crippen LogP) is 1.24. The summed E-state index contributed by atoms with van der Waals surface area (Å²) in [6.45, 7) is 6.13. The molecule has 1 aromatic carbocycles. The standard InChI is InChI=1S/C18H28N4O4S/c19-27(25,26)17-3-1-16(2-4-17)21-13-11-20(12-14-21)8-5-15-6-9-22(10-7-15)18(23)24/h1-4,15H,5-14H2,(H,23,24)(H2,19,25,26). The third-order valence-corrected chi connectivity index (χ3v) is 6.57. The first-order chi connectivity index (χ1) is 12.8. The second-order valence-electron chi connectivity index (χ2n) is 7.37. The number of hydrogen-bond acceptors (Lipinski definition) is 5. The third-order valence-electron chi connectivity index (χ3n) is 5.64. The van der Waals surface area contributed by atoms with Crippen LogP contribution < -0.4 is 10.0 Å². The Balaban J connectivity index is 1.41. The molecule has 0 unspecified atom stereocenters. The number of sulfonamides is 1. The Bertz CT molecular complexity index is 737. The first kappa shape index (κ1) is 19.9. The highest BCUT2D eigenvalue weighted by molar-refractivity contribution is 7.89. The molecule has 9 heteroatoms. The van der Waals surface area contributed by atoms with Gasteiger partial charge in [0, 0.05) is 45.0 Å². The van der Waals surface area contributed by atoms with E-state index in [9.17, 15) is 13.2 Å². The molecule has 0 aliphatic carbocycles. The molecule has 2 saturated heterocycles. The topological polar surface area (TPSA) is 107 Å². The Labute approximate surface area is 160 Å². The van der Waals surface area contributed by atoms with Gasteiger partial charge in [-0.3, -0.25) is 4.90 Å². The molecule has 8 nitrogen and oxygen atoms in total. The van der Waals surface area contributed by atoms with Gasteiger partial charge >= 0.3 is 6.09 Å². The van der Waals surface area contributed by atoms with Crippen LogP contribution in [0.2, 0.25) is 0 Å². The van der Waals surface area contributed by atoms with Crippen LogP contribution in [0, 0.1) is 5.92 Å². The van der Waals surface area contributed by atoms with E-state index in [1.807, 2.05) is 12.1 Å². The van der Waals surface area contributed by atoms with Crippen LogP contribution in [0.4, 0.5) is 10.5 Å². The number of benzene rings is 1. The molecule has 3 rings (SSSR count). The first-order valence-electron chi connectivity index (χ1n) is 9.41. The van der Waals surface area contributed by atoms with Gasteiger partial charge in [0.15, 0.2) is 0 Å². The van der Waals surface area contributed by atoms with Crippen LogP contribution in [0.1, 0.15) is 19.3 Å². The largest absolute Gasteiger partial charge is 0.465 e. The van der Waals surface area contributed by atoms with Crippen LogP contribution in [0.25, 0.3) is 0 Å². The monoisotopic (exact) mass is 396 g/mol. The molecule has 1 amide bonds. The fraction of sp³-hybridized carbons (Fsp3) is 0.611. The maximum absolute atomic E-state index is 11.3. The number of primary sulfonamides is 1. The van der Waals surface area contributed by atoms with E-state index in [2.05, 4.69) is 9.80 Å². The normalized spacial score (nSPS) is 20.0. The van der Waals surface area contributed by atoms with Crippen molar-refractivity contribution in [1.82, 2.24) is 9.80 Å². The van der Waals surface area contributed by atoms with Gasteiger partial charge in [0.25, 0.3) is 0 Å². The summed E-state index contributed by atoms with van der Waals surface area (Å²) in [5.41, 5.74) is 1.02. The summed E-state index contributed by atoms with van der Waals surface area (Å²) in [5.74, 6) is 0.615. The summed E-state index contributed by atoms with van der Waals surface area (Å²) in [4.78, 5) is 17.3. The van der Waals surface area contributed by atoms with Gasteiger partial charge in [0.1, 0.15) is 0 Å². The molecule has 0 atom stereocenters. The Morgan fingerprint density at radius 3 is 2.15 bits per heavy atom. The van der Waals surface area contributed by atoms with Gasteiger partial charge in [-0.05, 0) is 56.0 Å². The highest BCUT2D eigenvalue weighted by Crippen LogP contribution is 2.22. The van der Waals surface area contributed by atoms with Gasteiger partial charge in [-0.25, -0.2) is 18.4 Å². The highest BCUT2D eigenvalue weighted by Gasteiger charge is 2.24. The number of hydrogen-bond donors (Lipinski definition) is 2. The summed E-state index contributed by atoms with van der Waals surface area (Å²) in [6, 6.07) is 6.73. The van der Waals surface area contributed by atoms with Crippen molar-refractivity contribution in [1.29, 1.82) is 0 Å². The van der Waals surface area contributed by atoms with Gasteiger partial charge in [-0.2, -0.15) is 0 Å². The second kappa shape index (κ2) is 8.45. The van der Waals surface area contributed by atoms with Gasteiger partial charge < -0.3 is 14.9 Å². The third kappa shape index (κ3) is 5.33. The van der Waals surface area contributed by atoms with E-state index < -0.39 is 16.1 Å². The summed E-state index contributed by atoms with van der Waals surface area (Å²) in [5, 5.41) is 14.1. The summed E-state index contributed by atoms with van der Waals surface area (Å²) >= 11 is 0. The van der Waals surface area contributed by atoms with Crippen LogP contribution in [0.5, 0.6) is 0 Å². The molecule has 150 valence electrons. The van der Waals surface area contributed by atoms with Gasteiger partial charge in [0.05, 0.1) is 4.90 Å². The van der Waals surface area contributed by atoms with Crippen LogP contribution in [0.3, 0.4) is 0 Å². The molecule has 1 aromatic rings. The molecular formula is C18H28N4O4S. The van der Waals surface area contributed by atoms with Crippen LogP contribution in [0.15, 0.2) is 29.2 Å². The van der Waals surface area contributed by atoms with Crippen molar-refractivity contribution in [3.8, 4) is 0 Å². The summed E-state index contributed by atoms with van der Waals surface area (Å²) in [7, 11) is -3.65. The van der Waals surface area contributed by atoms with E-state index in [-0.39, 0.29) is 4.90 Å². The van der Waals surface area contributed by atoms with Crippen molar-refractivity contribution < 1.29 is 18.3 Å². The van der Waals surface area contributed by atoms with Crippen LogP contribution >= 0.6 is 0 Å². The lowest BCUT2D eigenvalue weighted by atomic mass is 9.93. The maximum atomic E-state index is 11.3. The Hall–Kier alpha value is -1.84. The summed E-state index contributed by atoms with van der Waals surface area (Å²) in [6.07, 6.45) is 2.24. The Morgan fingerprint density at radius 1 is 1.04 bits per heavy atom. The number of anilines is 1. The van der Waals surface area contributed by atoms with E-state index in [0.717, 1.165) is 57.7 Å². The fourth-order valence-corrected chi connectivity index (χ4v) is 4.37. The zero-order valence-electron chi connectivity index (χ0n) is 15.5. The Kier molecular flexibility index (Phi) is 6.23. The number of piperidine rings is 1. The minimum absolute atomic E-state index is 0.138. The van der Waals surface area contributed by atoms with E-state index in [1.165, 1.54) is 4.90 Å². The number of rotatable bonds is 5. The molecule has 0 radical (unpaired) electrons. The molecular weight excluding hydrogens is 368 g/mol. The first-order valence-corrected chi connectivity index (χ1v) is 11.0. The van der Waals surface area contributed by atoms with E-state index in [1.54, 1.807) is 12.1 Å². The average molecular weight is 397 g/mol. The van der Waals surface area contributed by atoms with E-state index >= 15 is 0 Å². The maximum Gasteiger partial charge on any atom is 0.407 e. The number of nitrogens with two attached hydrogens (primary N) is 1. The lowest BCUT2D eigenvalue weighted by Gasteiger charge is -2.37.